The van der Waals surface area contributed by atoms with Crippen LogP contribution in [-0.4, -0.2) is 36.8 Å². The fourth-order valence-corrected chi connectivity index (χ4v) is 5.50. The first-order valence-corrected chi connectivity index (χ1v) is 14.4. The van der Waals surface area contributed by atoms with E-state index in [1.54, 1.807) is 48.5 Å². The Hall–Kier alpha value is -4.96. The molecular formula is C33H31N3O6S. The van der Waals surface area contributed by atoms with Gasteiger partial charge in [0.15, 0.2) is 0 Å². The van der Waals surface area contributed by atoms with E-state index in [1.165, 1.54) is 20.5 Å². The van der Waals surface area contributed by atoms with E-state index in [-0.39, 0.29) is 23.1 Å². The molecule has 0 atom stereocenters. The molecule has 4 aromatic rings. The Labute approximate surface area is 253 Å². The van der Waals surface area contributed by atoms with Crippen LogP contribution in [0.15, 0.2) is 105 Å². The van der Waals surface area contributed by atoms with E-state index in [1.807, 2.05) is 30.3 Å². The van der Waals surface area contributed by atoms with Gasteiger partial charge in [-0.05, 0) is 66.1 Å². The number of hydrogen-bond acceptors (Lipinski definition) is 8. The molecule has 0 aliphatic carbocycles. The summed E-state index contributed by atoms with van der Waals surface area (Å²) in [4.78, 5) is 42.3. The Balaban J connectivity index is 1.41. The largest absolute Gasteiger partial charge is 0.497 e. The van der Waals surface area contributed by atoms with E-state index >= 15 is 0 Å². The molecule has 1 aromatic heterocycles. The molecule has 3 aromatic carbocycles. The zero-order valence-electron chi connectivity index (χ0n) is 24.2. The average Bonchev–Trinajstić information content (AvgIpc) is 3.60. The standard InChI is InChI=1S/C33H31N3O6S/c1-20(2)21-10-12-22(13-11-21)34-29-30(33(39)36(32(29)38)19-25-8-6-16-42-25)43-26-9-5-7-23(17-26)35-31(37)27-15-14-24(40-3)18-28(27)41-4/h5-18,20,34H,19H2,1-4H3,(H,35,37). The Morgan fingerprint density at radius 3 is 2.37 bits per heavy atom. The van der Waals surface area contributed by atoms with Crippen molar-refractivity contribution in [1.82, 2.24) is 4.90 Å². The first-order chi connectivity index (χ1) is 20.8. The Kier molecular flexibility index (Phi) is 8.87. The maximum Gasteiger partial charge on any atom is 0.278 e. The van der Waals surface area contributed by atoms with Crippen LogP contribution in [0.2, 0.25) is 0 Å². The van der Waals surface area contributed by atoms with Crippen LogP contribution in [0.5, 0.6) is 11.5 Å². The second-order valence-corrected chi connectivity index (χ2v) is 11.1. The van der Waals surface area contributed by atoms with Crippen molar-refractivity contribution in [2.75, 3.05) is 24.9 Å². The SMILES string of the molecule is COc1ccc(C(=O)Nc2cccc(SC3=C(Nc4ccc(C(C)C)cc4)C(=O)N(Cc4ccco4)C3=O)c2)c(OC)c1. The van der Waals surface area contributed by atoms with E-state index in [0.717, 1.165) is 22.2 Å². The topological polar surface area (TPSA) is 110 Å². The number of anilines is 2. The van der Waals surface area contributed by atoms with Crippen LogP contribution in [0.1, 0.15) is 41.4 Å². The van der Waals surface area contributed by atoms with Gasteiger partial charge in [-0.15, -0.1) is 0 Å². The number of imide groups is 1. The van der Waals surface area contributed by atoms with Crippen molar-refractivity contribution in [1.29, 1.82) is 0 Å². The van der Waals surface area contributed by atoms with Crippen molar-refractivity contribution in [3.05, 3.63) is 113 Å². The van der Waals surface area contributed by atoms with Gasteiger partial charge in [0.25, 0.3) is 17.7 Å². The molecule has 9 nitrogen and oxygen atoms in total. The maximum absolute atomic E-state index is 13.6. The van der Waals surface area contributed by atoms with Crippen molar-refractivity contribution < 1.29 is 28.3 Å². The minimum absolute atomic E-state index is 0.00594. The van der Waals surface area contributed by atoms with E-state index in [0.29, 0.717) is 45.0 Å². The molecule has 0 saturated carbocycles. The fraction of sp³-hybridized carbons (Fsp3) is 0.182. The number of carbonyl (C=O) groups excluding carboxylic acids is 3. The Morgan fingerprint density at radius 2 is 1.70 bits per heavy atom. The van der Waals surface area contributed by atoms with Gasteiger partial charge < -0.3 is 24.5 Å². The van der Waals surface area contributed by atoms with Gasteiger partial charge in [-0.1, -0.05) is 43.8 Å². The summed E-state index contributed by atoms with van der Waals surface area (Å²) >= 11 is 1.15. The molecule has 2 heterocycles. The molecule has 2 N–H and O–H groups in total. The number of hydrogen-bond donors (Lipinski definition) is 2. The van der Waals surface area contributed by atoms with Crippen molar-refractivity contribution in [2.24, 2.45) is 0 Å². The van der Waals surface area contributed by atoms with E-state index in [9.17, 15) is 14.4 Å². The molecule has 0 radical (unpaired) electrons. The molecule has 0 spiro atoms. The molecule has 1 aliphatic heterocycles. The van der Waals surface area contributed by atoms with Crippen LogP contribution >= 0.6 is 11.8 Å². The normalized spacial score (nSPS) is 13.1. The summed E-state index contributed by atoms with van der Waals surface area (Å²) in [6.45, 7) is 4.22. The second-order valence-electron chi connectivity index (χ2n) is 10.0. The van der Waals surface area contributed by atoms with Crippen LogP contribution in [0.4, 0.5) is 11.4 Å². The highest BCUT2D eigenvalue weighted by atomic mass is 32.2. The molecule has 1 aliphatic rings. The molecule has 220 valence electrons. The summed E-state index contributed by atoms with van der Waals surface area (Å²) in [6, 6.07) is 23.2. The van der Waals surface area contributed by atoms with Crippen LogP contribution in [0.25, 0.3) is 0 Å². The lowest BCUT2D eigenvalue weighted by Gasteiger charge is -2.14. The zero-order valence-corrected chi connectivity index (χ0v) is 25.0. The van der Waals surface area contributed by atoms with E-state index in [4.69, 9.17) is 13.9 Å². The Bertz CT molecular complexity index is 1680. The molecule has 0 fully saturated rings. The van der Waals surface area contributed by atoms with E-state index in [2.05, 4.69) is 24.5 Å². The number of methoxy groups -OCH3 is 2. The van der Waals surface area contributed by atoms with Crippen LogP contribution in [0, 0.1) is 0 Å². The van der Waals surface area contributed by atoms with Gasteiger partial charge in [0.1, 0.15) is 27.9 Å². The molecule has 5 rings (SSSR count). The number of rotatable bonds is 11. The predicted octanol–water partition coefficient (Wildman–Crippen LogP) is 6.66. The Morgan fingerprint density at radius 1 is 0.907 bits per heavy atom. The monoisotopic (exact) mass is 597 g/mol. The number of thioether (sulfide) groups is 1. The highest BCUT2D eigenvalue weighted by molar-refractivity contribution is 8.04. The van der Waals surface area contributed by atoms with Gasteiger partial charge in [-0.3, -0.25) is 19.3 Å². The minimum atomic E-state index is -0.451. The summed E-state index contributed by atoms with van der Waals surface area (Å²) in [7, 11) is 3.02. The molecule has 0 saturated heterocycles. The zero-order chi connectivity index (χ0) is 30.5. The molecular weight excluding hydrogens is 566 g/mol. The second kappa shape index (κ2) is 12.9. The fourth-order valence-electron chi connectivity index (χ4n) is 4.50. The number of furan rings is 1. The van der Waals surface area contributed by atoms with Gasteiger partial charge in [-0.25, -0.2) is 0 Å². The van der Waals surface area contributed by atoms with Gasteiger partial charge in [0.05, 0.1) is 32.6 Å². The first-order valence-electron chi connectivity index (χ1n) is 13.6. The smallest absolute Gasteiger partial charge is 0.278 e. The molecule has 10 heteroatoms. The molecule has 43 heavy (non-hydrogen) atoms. The quantitative estimate of drug-likeness (QED) is 0.185. The lowest BCUT2D eigenvalue weighted by atomic mass is 10.0. The minimum Gasteiger partial charge on any atom is -0.497 e. The summed E-state index contributed by atoms with van der Waals surface area (Å²) < 4.78 is 16.0. The highest BCUT2D eigenvalue weighted by Crippen LogP contribution is 2.37. The third-order valence-electron chi connectivity index (χ3n) is 6.83. The maximum atomic E-state index is 13.6. The third kappa shape index (κ3) is 6.60. The number of carbonyl (C=O) groups is 3. The van der Waals surface area contributed by atoms with Crippen molar-refractivity contribution >= 4 is 40.9 Å². The van der Waals surface area contributed by atoms with Crippen molar-refractivity contribution in [3.63, 3.8) is 0 Å². The first kappa shape index (κ1) is 29.5. The number of benzene rings is 3. The van der Waals surface area contributed by atoms with Gasteiger partial charge in [-0.2, -0.15) is 0 Å². The lowest BCUT2D eigenvalue weighted by Crippen LogP contribution is -2.31. The van der Waals surface area contributed by atoms with Crippen LogP contribution in [-0.2, 0) is 16.1 Å². The number of ether oxygens (including phenoxy) is 2. The van der Waals surface area contributed by atoms with Crippen molar-refractivity contribution in [3.8, 4) is 11.5 Å². The number of nitrogens with one attached hydrogen (secondary N) is 2. The highest BCUT2D eigenvalue weighted by Gasteiger charge is 2.39. The van der Waals surface area contributed by atoms with Gasteiger partial charge in [0, 0.05) is 22.3 Å². The molecule has 3 amide bonds. The van der Waals surface area contributed by atoms with E-state index < -0.39 is 11.8 Å². The van der Waals surface area contributed by atoms with Gasteiger partial charge in [0.2, 0.25) is 0 Å². The molecule has 0 bridgehead atoms. The summed E-state index contributed by atoms with van der Waals surface area (Å²) in [5.74, 6) is 0.528. The molecule has 0 unspecified atom stereocenters. The van der Waals surface area contributed by atoms with Gasteiger partial charge >= 0.3 is 0 Å². The predicted molar refractivity (Wildman–Crippen MR) is 165 cm³/mol. The number of amides is 3. The van der Waals surface area contributed by atoms with Crippen molar-refractivity contribution in [2.45, 2.75) is 31.2 Å². The average molecular weight is 598 g/mol. The summed E-state index contributed by atoms with van der Waals surface area (Å²) in [6.07, 6.45) is 1.50. The lowest BCUT2D eigenvalue weighted by molar-refractivity contribution is -0.138. The third-order valence-corrected chi connectivity index (χ3v) is 7.90. The summed E-state index contributed by atoms with van der Waals surface area (Å²) in [5.41, 5.74) is 2.87. The number of nitrogens with zero attached hydrogens (tertiary/aromatic N) is 1. The van der Waals surface area contributed by atoms with Crippen LogP contribution in [0.3, 0.4) is 0 Å². The van der Waals surface area contributed by atoms with Crippen LogP contribution < -0.4 is 20.1 Å². The summed E-state index contributed by atoms with van der Waals surface area (Å²) in [5, 5.41) is 6.06.